The summed E-state index contributed by atoms with van der Waals surface area (Å²) in [5, 5.41) is 2.22. The lowest BCUT2D eigenvalue weighted by Crippen LogP contribution is -2.28. The van der Waals surface area contributed by atoms with Gasteiger partial charge in [0.25, 0.3) is 0 Å². The lowest BCUT2D eigenvalue weighted by atomic mass is 10.4. The molecule has 0 aliphatic rings. The van der Waals surface area contributed by atoms with Gasteiger partial charge >= 0.3 is 19.8 Å². The molecule has 2 unspecified atom stereocenters. The van der Waals surface area contributed by atoms with Crippen LogP contribution in [0.25, 0.3) is 0 Å². The summed E-state index contributed by atoms with van der Waals surface area (Å²) in [5.41, 5.74) is 0. The Kier molecular flexibility index (Phi) is 9.55. The molecule has 0 fully saturated rings. The highest BCUT2D eigenvalue weighted by atomic mass is 31.2. The number of amides is 1. The molecule has 122 valence electrons. The Hall–Kier alpha value is -1.48. The van der Waals surface area contributed by atoms with E-state index in [-0.39, 0.29) is 19.8 Å². The molecule has 0 aromatic carbocycles. The highest BCUT2D eigenvalue weighted by molar-refractivity contribution is 7.47. The number of phosphoric acid groups is 1. The number of hydrogen-bond acceptors (Lipinski definition) is 8. The Balaban J connectivity index is 4.23. The third-order valence-electron chi connectivity index (χ3n) is 1.81. The van der Waals surface area contributed by atoms with Gasteiger partial charge in [-0.1, -0.05) is 0 Å². The summed E-state index contributed by atoms with van der Waals surface area (Å²) in [6, 6.07) is 0. The topological polar surface area (TPSA) is 137 Å². The minimum Gasteiger partial charge on any atom is -0.462 e. The van der Waals surface area contributed by atoms with E-state index in [0.717, 1.165) is 13.8 Å². The number of hydrogen-bond donors (Lipinski definition) is 2. The zero-order valence-electron chi connectivity index (χ0n) is 11.6. The van der Waals surface area contributed by atoms with Gasteiger partial charge in [0, 0.05) is 20.4 Å². The van der Waals surface area contributed by atoms with E-state index < -0.39 is 32.5 Å². The third kappa shape index (κ3) is 12.0. The number of carbonyl (C=O) groups excluding carboxylic acids is 3. The Morgan fingerprint density at radius 1 is 1.24 bits per heavy atom. The van der Waals surface area contributed by atoms with Crippen LogP contribution in [0.15, 0.2) is 0 Å². The molecule has 21 heavy (non-hydrogen) atoms. The number of esters is 2. The molecule has 10 nitrogen and oxygen atoms in total. The summed E-state index contributed by atoms with van der Waals surface area (Å²) in [6.45, 7) is 1.25. The number of nitrogens with one attached hydrogen (secondary N) is 1. The van der Waals surface area contributed by atoms with E-state index in [0.29, 0.717) is 6.41 Å². The smallest absolute Gasteiger partial charge is 0.462 e. The van der Waals surface area contributed by atoms with Crippen molar-refractivity contribution in [3.8, 4) is 0 Å². The van der Waals surface area contributed by atoms with Gasteiger partial charge in [-0.15, -0.1) is 0 Å². The third-order valence-corrected chi connectivity index (χ3v) is 2.80. The number of rotatable bonds is 11. The summed E-state index contributed by atoms with van der Waals surface area (Å²) in [5.74, 6) is -1.27. The van der Waals surface area contributed by atoms with E-state index in [1.54, 1.807) is 0 Å². The Labute approximate surface area is 121 Å². The van der Waals surface area contributed by atoms with E-state index in [2.05, 4.69) is 19.1 Å². The Morgan fingerprint density at radius 3 is 2.43 bits per heavy atom. The van der Waals surface area contributed by atoms with E-state index in [1.165, 1.54) is 0 Å². The molecule has 1 amide bonds. The fourth-order valence-corrected chi connectivity index (χ4v) is 1.81. The van der Waals surface area contributed by atoms with E-state index in [4.69, 9.17) is 4.74 Å². The molecule has 0 spiro atoms. The zero-order chi connectivity index (χ0) is 16.3. The van der Waals surface area contributed by atoms with Gasteiger partial charge in [-0.25, -0.2) is 4.57 Å². The summed E-state index contributed by atoms with van der Waals surface area (Å²) >= 11 is 0. The van der Waals surface area contributed by atoms with Crippen LogP contribution in [0.1, 0.15) is 13.8 Å². The van der Waals surface area contributed by atoms with Gasteiger partial charge in [-0.2, -0.15) is 0 Å². The molecule has 0 radical (unpaired) electrons. The molecule has 0 saturated heterocycles. The quantitative estimate of drug-likeness (QED) is 0.220. The Bertz CT molecular complexity index is 400. The van der Waals surface area contributed by atoms with Crippen LogP contribution in [0.4, 0.5) is 0 Å². The maximum absolute atomic E-state index is 11.5. The van der Waals surface area contributed by atoms with Gasteiger partial charge < -0.3 is 19.7 Å². The van der Waals surface area contributed by atoms with Crippen LogP contribution >= 0.6 is 7.82 Å². The van der Waals surface area contributed by atoms with Crippen LogP contribution in [-0.4, -0.2) is 55.7 Å². The molecule has 0 rings (SSSR count). The summed E-state index contributed by atoms with van der Waals surface area (Å²) in [7, 11) is -4.37. The number of carbonyl (C=O) groups is 3. The van der Waals surface area contributed by atoms with Gasteiger partial charge in [0.1, 0.15) is 6.61 Å². The second-order valence-corrected chi connectivity index (χ2v) is 5.16. The van der Waals surface area contributed by atoms with Crippen molar-refractivity contribution in [1.82, 2.24) is 5.32 Å². The highest BCUT2D eigenvalue weighted by Crippen LogP contribution is 2.43. The number of phosphoric ester groups is 1. The van der Waals surface area contributed by atoms with Gasteiger partial charge in [-0.05, 0) is 0 Å². The minimum atomic E-state index is -4.37. The largest absolute Gasteiger partial charge is 0.472 e. The molecule has 2 N–H and O–H groups in total. The second kappa shape index (κ2) is 10.3. The minimum absolute atomic E-state index is 0.0260. The average Bonchev–Trinajstić information content (AvgIpc) is 2.37. The van der Waals surface area contributed by atoms with Crippen molar-refractivity contribution in [3.05, 3.63) is 0 Å². The predicted molar refractivity (Wildman–Crippen MR) is 68.0 cm³/mol. The molecule has 0 aromatic heterocycles. The summed E-state index contributed by atoms with van der Waals surface area (Å²) in [6.07, 6.45) is -0.633. The van der Waals surface area contributed by atoms with Gasteiger partial charge in [-0.3, -0.25) is 23.4 Å². The van der Waals surface area contributed by atoms with Crippen molar-refractivity contribution in [1.29, 1.82) is 0 Å². The van der Waals surface area contributed by atoms with Gasteiger partial charge in [0.05, 0.1) is 13.2 Å². The van der Waals surface area contributed by atoms with Crippen molar-refractivity contribution < 1.29 is 42.4 Å². The van der Waals surface area contributed by atoms with E-state index in [1.807, 2.05) is 0 Å². The zero-order valence-corrected chi connectivity index (χ0v) is 12.5. The predicted octanol–water partition coefficient (Wildman–Crippen LogP) is -0.639. The van der Waals surface area contributed by atoms with Crippen LogP contribution in [0.2, 0.25) is 0 Å². The van der Waals surface area contributed by atoms with Crippen LogP contribution < -0.4 is 5.32 Å². The average molecular weight is 327 g/mol. The van der Waals surface area contributed by atoms with Crippen LogP contribution in [-0.2, 0) is 37.5 Å². The molecular formula is C10H18NO9P. The van der Waals surface area contributed by atoms with Gasteiger partial charge in [0.2, 0.25) is 6.41 Å². The first-order valence-electron chi connectivity index (χ1n) is 5.86. The Morgan fingerprint density at radius 2 is 1.90 bits per heavy atom. The van der Waals surface area contributed by atoms with Crippen LogP contribution in [0.5, 0.6) is 0 Å². The molecule has 2 atom stereocenters. The van der Waals surface area contributed by atoms with Crippen LogP contribution in [0.3, 0.4) is 0 Å². The van der Waals surface area contributed by atoms with Crippen molar-refractivity contribution in [2.45, 2.75) is 20.0 Å². The SMILES string of the molecule is CC(=O)OCC(COP(=O)(O)OCCNC=O)OC(C)=O. The van der Waals surface area contributed by atoms with E-state index >= 15 is 0 Å². The van der Waals surface area contributed by atoms with E-state index in [9.17, 15) is 23.8 Å². The molecular weight excluding hydrogens is 309 g/mol. The summed E-state index contributed by atoms with van der Waals surface area (Å²) < 4.78 is 30.0. The summed E-state index contributed by atoms with van der Waals surface area (Å²) in [4.78, 5) is 40.8. The molecule has 11 heteroatoms. The molecule has 0 aliphatic carbocycles. The van der Waals surface area contributed by atoms with Crippen molar-refractivity contribution in [2.75, 3.05) is 26.4 Å². The maximum Gasteiger partial charge on any atom is 0.472 e. The van der Waals surface area contributed by atoms with Crippen molar-refractivity contribution in [3.63, 3.8) is 0 Å². The molecule has 0 heterocycles. The lowest BCUT2D eigenvalue weighted by molar-refractivity contribution is -0.158. The fourth-order valence-electron chi connectivity index (χ4n) is 1.05. The normalized spacial score (nSPS) is 14.6. The molecule has 0 saturated carbocycles. The maximum atomic E-state index is 11.5. The standard InChI is InChI=1S/C10H18NO9P/c1-8(13)17-5-10(20-9(2)14)6-19-21(15,16)18-4-3-11-7-12/h7,10H,3-6H2,1-2H3,(H,11,12)(H,15,16). The lowest BCUT2D eigenvalue weighted by Gasteiger charge is -2.18. The van der Waals surface area contributed by atoms with Crippen molar-refractivity contribution in [2.24, 2.45) is 0 Å². The van der Waals surface area contributed by atoms with Crippen molar-refractivity contribution >= 4 is 26.2 Å². The molecule has 0 bridgehead atoms. The highest BCUT2D eigenvalue weighted by Gasteiger charge is 2.25. The van der Waals surface area contributed by atoms with Crippen LogP contribution in [0, 0.1) is 0 Å². The molecule has 0 aliphatic heterocycles. The first kappa shape index (κ1) is 19.5. The fraction of sp³-hybridized carbons (Fsp3) is 0.700. The monoisotopic (exact) mass is 327 g/mol. The molecule has 0 aromatic rings. The number of ether oxygens (including phenoxy) is 2. The first-order chi connectivity index (χ1) is 9.76. The first-order valence-corrected chi connectivity index (χ1v) is 7.36. The second-order valence-electron chi connectivity index (χ2n) is 3.70. The van der Waals surface area contributed by atoms with Gasteiger partial charge in [0.15, 0.2) is 6.10 Å².